The summed E-state index contributed by atoms with van der Waals surface area (Å²) < 4.78 is 44.0. The normalized spacial score (nSPS) is 15.0. The van der Waals surface area contributed by atoms with Crippen molar-refractivity contribution >= 4 is 39.1 Å². The molecule has 0 atom stereocenters. The quantitative estimate of drug-likeness (QED) is 0.318. The second-order valence-electron chi connectivity index (χ2n) is 10.4. The van der Waals surface area contributed by atoms with E-state index in [0.717, 1.165) is 11.3 Å². The molecule has 0 bridgehead atoms. The number of sulfonamides is 1. The van der Waals surface area contributed by atoms with Crippen LogP contribution in [0.2, 0.25) is 10.0 Å². The number of hydrogen-bond acceptors (Lipinski definition) is 5. The lowest BCUT2D eigenvalue weighted by atomic mass is 9.87. The van der Waals surface area contributed by atoms with Gasteiger partial charge in [0.15, 0.2) is 0 Å². The zero-order valence-electron chi connectivity index (χ0n) is 21.7. The number of amides is 1. The number of benzene rings is 2. The SMILES string of the molecule is CC1(C)Cc2c(cnn2-c2ccc(F)cc2)CN(C(=O)c2cc(S(=O)(=O)NCc3ccccn3)c(Cl)cc2Cl)C1. The molecule has 1 aliphatic heterocycles. The van der Waals surface area contributed by atoms with Crippen LogP contribution in [0.4, 0.5) is 4.39 Å². The molecule has 1 aliphatic rings. The second-order valence-corrected chi connectivity index (χ2v) is 13.0. The van der Waals surface area contributed by atoms with E-state index in [-0.39, 0.29) is 44.8 Å². The minimum Gasteiger partial charge on any atom is -0.334 e. The molecular formula is C28H26Cl2FN5O3S. The number of carbonyl (C=O) groups is 1. The molecule has 3 heterocycles. The lowest BCUT2D eigenvalue weighted by Crippen LogP contribution is -2.37. The largest absolute Gasteiger partial charge is 0.334 e. The predicted octanol–water partition coefficient (Wildman–Crippen LogP) is 5.42. The zero-order valence-corrected chi connectivity index (χ0v) is 24.1. The number of pyridine rings is 1. The van der Waals surface area contributed by atoms with E-state index in [4.69, 9.17) is 23.2 Å². The van der Waals surface area contributed by atoms with E-state index < -0.39 is 15.9 Å². The Kier molecular flexibility index (Phi) is 7.71. The fraction of sp³-hybridized carbons (Fsp3) is 0.250. The molecule has 5 rings (SSSR count). The first-order valence-corrected chi connectivity index (χ1v) is 14.7. The molecule has 1 N–H and O–H groups in total. The van der Waals surface area contributed by atoms with E-state index in [0.29, 0.717) is 24.3 Å². The smallest absolute Gasteiger partial charge is 0.255 e. The molecule has 0 unspecified atom stereocenters. The maximum absolute atomic E-state index is 13.9. The number of aromatic nitrogens is 3. The predicted molar refractivity (Wildman–Crippen MR) is 150 cm³/mol. The average Bonchev–Trinajstić information content (AvgIpc) is 3.22. The van der Waals surface area contributed by atoms with Gasteiger partial charge in [-0.3, -0.25) is 9.78 Å². The number of nitrogens with zero attached hydrogens (tertiary/aromatic N) is 4. The van der Waals surface area contributed by atoms with E-state index in [1.807, 2.05) is 13.8 Å². The highest BCUT2D eigenvalue weighted by molar-refractivity contribution is 7.89. The maximum atomic E-state index is 13.9. The fourth-order valence-electron chi connectivity index (χ4n) is 4.78. The average molecular weight is 603 g/mol. The molecule has 0 spiro atoms. The monoisotopic (exact) mass is 601 g/mol. The topological polar surface area (TPSA) is 97.2 Å². The molecule has 40 heavy (non-hydrogen) atoms. The molecule has 2 aromatic carbocycles. The molecule has 4 aromatic rings. The van der Waals surface area contributed by atoms with E-state index >= 15 is 0 Å². The Morgan fingerprint density at radius 3 is 2.55 bits per heavy atom. The second kappa shape index (κ2) is 10.9. The molecule has 2 aromatic heterocycles. The van der Waals surface area contributed by atoms with Crippen LogP contribution in [0.25, 0.3) is 5.69 Å². The summed E-state index contributed by atoms with van der Waals surface area (Å²) in [6.45, 7) is 4.63. The summed E-state index contributed by atoms with van der Waals surface area (Å²) in [6.07, 6.45) is 3.86. The molecule has 0 saturated heterocycles. The summed E-state index contributed by atoms with van der Waals surface area (Å²) in [6, 6.07) is 13.7. The van der Waals surface area contributed by atoms with Crippen LogP contribution < -0.4 is 4.72 Å². The van der Waals surface area contributed by atoms with Crippen LogP contribution in [0.3, 0.4) is 0 Å². The van der Waals surface area contributed by atoms with Crippen molar-refractivity contribution in [2.24, 2.45) is 5.41 Å². The van der Waals surface area contributed by atoms with E-state index in [2.05, 4.69) is 14.8 Å². The van der Waals surface area contributed by atoms with Crippen LogP contribution in [-0.2, 0) is 29.5 Å². The van der Waals surface area contributed by atoms with E-state index in [1.54, 1.807) is 52.3 Å². The van der Waals surface area contributed by atoms with Gasteiger partial charge in [-0.15, -0.1) is 0 Å². The zero-order chi connectivity index (χ0) is 28.7. The van der Waals surface area contributed by atoms with Crippen molar-refractivity contribution in [2.45, 2.75) is 38.3 Å². The molecule has 12 heteroatoms. The van der Waals surface area contributed by atoms with Gasteiger partial charge in [0.25, 0.3) is 5.91 Å². The van der Waals surface area contributed by atoms with Crippen molar-refractivity contribution < 1.29 is 17.6 Å². The van der Waals surface area contributed by atoms with Gasteiger partial charge in [-0.05, 0) is 60.4 Å². The molecular weight excluding hydrogens is 576 g/mol. The van der Waals surface area contributed by atoms with Gasteiger partial charge in [-0.2, -0.15) is 5.10 Å². The standard InChI is InChI=1S/C28H26Cl2FN5O3S/c1-28(2)13-25-18(14-33-36(25)21-8-6-19(31)7-9-21)16-35(17-28)27(37)22-11-26(24(30)12-23(22)29)40(38,39)34-15-20-5-3-4-10-32-20/h3-12,14,34H,13,15-17H2,1-2H3. The Balaban J connectivity index is 1.45. The maximum Gasteiger partial charge on any atom is 0.255 e. The Morgan fingerprint density at radius 1 is 1.10 bits per heavy atom. The van der Waals surface area contributed by atoms with Crippen molar-refractivity contribution in [1.82, 2.24) is 24.4 Å². The molecule has 8 nitrogen and oxygen atoms in total. The van der Waals surface area contributed by atoms with Gasteiger partial charge in [-0.25, -0.2) is 22.2 Å². The fourth-order valence-corrected chi connectivity index (χ4v) is 6.63. The van der Waals surface area contributed by atoms with Gasteiger partial charge < -0.3 is 4.90 Å². The molecule has 0 saturated carbocycles. The number of hydrogen-bond donors (Lipinski definition) is 1. The lowest BCUT2D eigenvalue weighted by molar-refractivity contribution is 0.0680. The van der Waals surface area contributed by atoms with Crippen molar-refractivity contribution in [1.29, 1.82) is 0 Å². The summed E-state index contributed by atoms with van der Waals surface area (Å²) in [7, 11) is -4.09. The van der Waals surface area contributed by atoms with E-state index in [1.165, 1.54) is 24.3 Å². The Labute approximate surface area is 241 Å². The van der Waals surface area contributed by atoms with Crippen LogP contribution >= 0.6 is 23.2 Å². The van der Waals surface area contributed by atoms with Crippen LogP contribution in [0.5, 0.6) is 0 Å². The van der Waals surface area contributed by atoms with Crippen molar-refractivity contribution in [3.8, 4) is 5.69 Å². The first-order chi connectivity index (χ1) is 18.9. The van der Waals surface area contributed by atoms with Crippen LogP contribution in [0.1, 0.15) is 41.2 Å². The number of nitrogens with one attached hydrogen (secondary N) is 1. The number of rotatable bonds is 6. The first kappa shape index (κ1) is 28.2. The van der Waals surface area contributed by atoms with Gasteiger partial charge in [0, 0.05) is 30.5 Å². The summed E-state index contributed by atoms with van der Waals surface area (Å²) in [5, 5.41) is 4.45. The van der Waals surface area contributed by atoms with Gasteiger partial charge in [0.05, 0.1) is 39.7 Å². The van der Waals surface area contributed by atoms with Gasteiger partial charge in [-0.1, -0.05) is 43.1 Å². The Bertz CT molecular complexity index is 1680. The third-order valence-electron chi connectivity index (χ3n) is 6.65. The molecule has 0 radical (unpaired) electrons. The molecule has 0 fully saturated rings. The number of carbonyl (C=O) groups excluding carboxylic acids is 1. The highest BCUT2D eigenvalue weighted by Crippen LogP contribution is 2.34. The first-order valence-electron chi connectivity index (χ1n) is 12.4. The molecule has 1 amide bonds. The third-order valence-corrected chi connectivity index (χ3v) is 8.83. The lowest BCUT2D eigenvalue weighted by Gasteiger charge is -2.30. The molecule has 208 valence electrons. The Hall–Kier alpha value is -3.31. The summed E-state index contributed by atoms with van der Waals surface area (Å²) in [5.74, 6) is -0.773. The minimum absolute atomic E-state index is 0.0226. The molecule has 0 aliphatic carbocycles. The third kappa shape index (κ3) is 5.90. The number of halogens is 3. The minimum atomic E-state index is -4.09. The highest BCUT2D eigenvalue weighted by atomic mass is 35.5. The van der Waals surface area contributed by atoms with Crippen LogP contribution in [0, 0.1) is 11.2 Å². The van der Waals surface area contributed by atoms with Crippen molar-refractivity contribution in [2.75, 3.05) is 6.54 Å². The van der Waals surface area contributed by atoms with Crippen LogP contribution in [0.15, 0.2) is 71.9 Å². The Morgan fingerprint density at radius 2 is 1.85 bits per heavy atom. The summed E-state index contributed by atoms with van der Waals surface area (Å²) in [4.78, 5) is 19.4. The number of fused-ring (bicyclic) bond motifs is 1. The summed E-state index contributed by atoms with van der Waals surface area (Å²) in [5.41, 5.74) is 2.64. The van der Waals surface area contributed by atoms with Gasteiger partial charge >= 0.3 is 0 Å². The van der Waals surface area contributed by atoms with Crippen molar-refractivity contribution in [3.05, 3.63) is 105 Å². The van der Waals surface area contributed by atoms with Gasteiger partial charge in [0.2, 0.25) is 10.0 Å². The van der Waals surface area contributed by atoms with Crippen LogP contribution in [-0.4, -0.2) is 40.5 Å². The summed E-state index contributed by atoms with van der Waals surface area (Å²) >= 11 is 12.7. The van der Waals surface area contributed by atoms with Gasteiger partial charge in [0.1, 0.15) is 10.7 Å². The van der Waals surface area contributed by atoms with Crippen molar-refractivity contribution in [3.63, 3.8) is 0 Å². The highest BCUT2D eigenvalue weighted by Gasteiger charge is 2.34. The van der Waals surface area contributed by atoms with E-state index in [9.17, 15) is 17.6 Å².